The van der Waals surface area contributed by atoms with Crippen LogP contribution in [0.5, 0.6) is 17.4 Å². The number of aromatic nitrogens is 2. The Morgan fingerprint density at radius 3 is 2.08 bits per heavy atom. The van der Waals surface area contributed by atoms with E-state index in [0.717, 1.165) is 22.3 Å². The smallest absolute Gasteiger partial charge is 0.314 e. The van der Waals surface area contributed by atoms with Crippen molar-refractivity contribution in [3.8, 4) is 17.4 Å². The summed E-state index contributed by atoms with van der Waals surface area (Å²) in [6.07, 6.45) is 6.10. The number of carbonyl (C=O) groups is 1. The first-order chi connectivity index (χ1) is 19.2. The Labute approximate surface area is 233 Å². The fraction of sp³-hybridized carbons (Fsp3) is 0.233. The van der Waals surface area contributed by atoms with Gasteiger partial charge in [-0.05, 0) is 58.7 Å². The Kier molecular flexibility index (Phi) is 9.00. The molecule has 2 heterocycles. The van der Waals surface area contributed by atoms with Crippen LogP contribution < -0.4 is 14.2 Å². The molecular weight excluding hydrogens is 532 g/mol. The average molecular weight is 563 g/mol. The van der Waals surface area contributed by atoms with Crippen LogP contribution in [-0.2, 0) is 26.0 Å². The van der Waals surface area contributed by atoms with Gasteiger partial charge < -0.3 is 18.9 Å². The topological polar surface area (TPSA) is 114 Å². The molecule has 2 unspecified atom stereocenters. The molecule has 2 aromatic carbocycles. The number of pyridine rings is 2. The van der Waals surface area contributed by atoms with Crippen molar-refractivity contribution in [2.24, 2.45) is 0 Å². The molecular formula is C30H30N2O7S. The van der Waals surface area contributed by atoms with Gasteiger partial charge in [-0.3, -0.25) is 9.78 Å². The van der Waals surface area contributed by atoms with Gasteiger partial charge in [-0.15, -0.1) is 0 Å². The van der Waals surface area contributed by atoms with Gasteiger partial charge in [0.2, 0.25) is 5.88 Å². The lowest BCUT2D eigenvalue weighted by Gasteiger charge is -2.27. The maximum absolute atomic E-state index is 13.2. The SMILES string of the molecule is COC(=O)C(c1ccncc1)C(c1ccc(OCc2ccc(S(C)(=O)=O)cc2)nc1)c1ccc(OC)c(OC)c1. The highest BCUT2D eigenvalue weighted by Gasteiger charge is 2.34. The molecule has 9 nitrogen and oxygen atoms in total. The van der Waals surface area contributed by atoms with Crippen LogP contribution in [-0.4, -0.2) is 51.9 Å². The maximum Gasteiger partial charge on any atom is 0.314 e. The van der Waals surface area contributed by atoms with Crippen LogP contribution in [0.25, 0.3) is 0 Å². The zero-order chi connectivity index (χ0) is 28.7. The Balaban J connectivity index is 1.67. The van der Waals surface area contributed by atoms with Crippen LogP contribution >= 0.6 is 0 Å². The molecule has 0 aliphatic heterocycles. The molecule has 0 aliphatic rings. The molecule has 0 aliphatic carbocycles. The molecule has 4 rings (SSSR count). The summed E-state index contributed by atoms with van der Waals surface area (Å²) in [6, 6.07) is 19.2. The maximum atomic E-state index is 13.2. The number of hydrogen-bond donors (Lipinski definition) is 0. The summed E-state index contributed by atoms with van der Waals surface area (Å²) >= 11 is 0. The lowest BCUT2D eigenvalue weighted by Crippen LogP contribution is -2.23. The van der Waals surface area contributed by atoms with Gasteiger partial charge in [-0.2, -0.15) is 0 Å². The zero-order valence-electron chi connectivity index (χ0n) is 22.6. The summed E-state index contributed by atoms with van der Waals surface area (Å²) in [7, 11) is 1.21. The second-order valence-electron chi connectivity index (χ2n) is 9.01. The molecule has 0 saturated heterocycles. The van der Waals surface area contributed by atoms with Crippen LogP contribution in [0.15, 0.2) is 90.2 Å². The zero-order valence-corrected chi connectivity index (χ0v) is 23.4. The number of ether oxygens (including phenoxy) is 4. The summed E-state index contributed by atoms with van der Waals surface area (Å²) in [4.78, 5) is 22.0. The standard InChI is InChI=1S/C30H30N2O7S/c1-36-25-11-7-22(17-26(25)37-2)28(29(30(33)38-3)21-13-15-31-16-14-21)23-8-12-27(32-18-23)39-19-20-5-9-24(10-6-20)40(4,34)35/h5-18,28-29H,19H2,1-4H3. The molecule has 0 saturated carbocycles. The van der Waals surface area contributed by atoms with E-state index >= 15 is 0 Å². The number of rotatable bonds is 11. The van der Waals surface area contributed by atoms with Gasteiger partial charge in [0, 0.05) is 36.8 Å². The Morgan fingerprint density at radius 1 is 0.825 bits per heavy atom. The van der Waals surface area contributed by atoms with Crippen LogP contribution in [0.2, 0.25) is 0 Å². The van der Waals surface area contributed by atoms with E-state index in [9.17, 15) is 13.2 Å². The van der Waals surface area contributed by atoms with Crippen LogP contribution in [0, 0.1) is 0 Å². The van der Waals surface area contributed by atoms with Gasteiger partial charge in [-0.1, -0.05) is 24.3 Å². The number of sulfone groups is 1. The van der Waals surface area contributed by atoms with E-state index in [-0.39, 0.29) is 11.5 Å². The molecule has 2 atom stereocenters. The predicted octanol–water partition coefficient (Wildman–Crippen LogP) is 4.57. The van der Waals surface area contributed by atoms with E-state index in [1.165, 1.54) is 13.4 Å². The highest BCUT2D eigenvalue weighted by molar-refractivity contribution is 7.90. The lowest BCUT2D eigenvalue weighted by molar-refractivity contribution is -0.142. The molecule has 2 aromatic heterocycles. The molecule has 40 heavy (non-hydrogen) atoms. The summed E-state index contributed by atoms with van der Waals surface area (Å²) in [5, 5.41) is 0. The minimum Gasteiger partial charge on any atom is -0.493 e. The number of nitrogens with zero attached hydrogens (tertiary/aromatic N) is 2. The van der Waals surface area contributed by atoms with Crippen molar-refractivity contribution in [2.75, 3.05) is 27.6 Å². The van der Waals surface area contributed by atoms with Crippen molar-refractivity contribution in [1.29, 1.82) is 0 Å². The third-order valence-electron chi connectivity index (χ3n) is 6.48. The molecule has 10 heteroatoms. The van der Waals surface area contributed by atoms with Gasteiger partial charge >= 0.3 is 5.97 Å². The molecule has 0 spiro atoms. The number of esters is 1. The summed E-state index contributed by atoms with van der Waals surface area (Å²) in [5.41, 5.74) is 3.08. The quantitative estimate of drug-likeness (QED) is 0.243. The van der Waals surface area contributed by atoms with Crippen LogP contribution in [0.1, 0.15) is 34.1 Å². The van der Waals surface area contributed by atoms with Crippen molar-refractivity contribution in [1.82, 2.24) is 9.97 Å². The van der Waals surface area contributed by atoms with Gasteiger partial charge in [0.05, 0.1) is 32.1 Å². The first kappa shape index (κ1) is 28.6. The largest absolute Gasteiger partial charge is 0.493 e. The monoisotopic (exact) mass is 562 g/mol. The molecule has 208 valence electrons. The van der Waals surface area contributed by atoms with Gasteiger partial charge in [0.1, 0.15) is 6.61 Å². The minimum atomic E-state index is -3.27. The summed E-state index contributed by atoms with van der Waals surface area (Å²) in [6.45, 7) is 0.206. The van der Waals surface area contributed by atoms with Crippen molar-refractivity contribution >= 4 is 15.8 Å². The minimum absolute atomic E-state index is 0.206. The van der Waals surface area contributed by atoms with Crippen molar-refractivity contribution in [3.63, 3.8) is 0 Å². The third-order valence-corrected chi connectivity index (χ3v) is 7.61. The number of methoxy groups -OCH3 is 3. The Hall–Kier alpha value is -4.44. The van der Waals surface area contributed by atoms with Crippen molar-refractivity contribution in [3.05, 3.63) is 108 Å². The molecule has 4 aromatic rings. The highest BCUT2D eigenvalue weighted by Crippen LogP contribution is 2.42. The normalized spacial score (nSPS) is 12.7. The van der Waals surface area contributed by atoms with Crippen molar-refractivity contribution < 1.29 is 32.2 Å². The van der Waals surface area contributed by atoms with E-state index in [0.29, 0.717) is 17.4 Å². The van der Waals surface area contributed by atoms with E-state index in [2.05, 4.69) is 9.97 Å². The number of hydrogen-bond acceptors (Lipinski definition) is 9. The second-order valence-corrected chi connectivity index (χ2v) is 11.0. The first-order valence-corrected chi connectivity index (χ1v) is 14.2. The molecule has 0 amide bonds. The van der Waals surface area contributed by atoms with E-state index in [1.54, 1.807) is 81.3 Å². The fourth-order valence-corrected chi connectivity index (χ4v) is 5.07. The first-order valence-electron chi connectivity index (χ1n) is 12.3. The molecule has 0 bridgehead atoms. The van der Waals surface area contributed by atoms with E-state index in [4.69, 9.17) is 18.9 Å². The van der Waals surface area contributed by atoms with Crippen LogP contribution in [0.4, 0.5) is 0 Å². The van der Waals surface area contributed by atoms with Gasteiger partial charge in [-0.25, -0.2) is 13.4 Å². The van der Waals surface area contributed by atoms with Gasteiger partial charge in [0.15, 0.2) is 21.3 Å². The summed E-state index contributed by atoms with van der Waals surface area (Å²) < 4.78 is 45.4. The van der Waals surface area contributed by atoms with E-state index < -0.39 is 27.6 Å². The number of carbonyl (C=O) groups excluding carboxylic acids is 1. The lowest BCUT2D eigenvalue weighted by atomic mass is 9.77. The summed E-state index contributed by atoms with van der Waals surface area (Å²) in [5.74, 6) is -0.134. The molecule has 0 fully saturated rings. The van der Waals surface area contributed by atoms with Gasteiger partial charge in [0.25, 0.3) is 0 Å². The Morgan fingerprint density at radius 2 is 1.50 bits per heavy atom. The molecule has 0 N–H and O–H groups in total. The second kappa shape index (κ2) is 12.6. The third kappa shape index (κ3) is 6.58. The predicted molar refractivity (Wildman–Crippen MR) is 149 cm³/mol. The Bertz CT molecular complexity index is 1540. The number of benzene rings is 2. The van der Waals surface area contributed by atoms with E-state index in [1.807, 2.05) is 18.2 Å². The average Bonchev–Trinajstić information content (AvgIpc) is 2.98. The van der Waals surface area contributed by atoms with Crippen molar-refractivity contribution in [2.45, 2.75) is 23.3 Å². The fourth-order valence-electron chi connectivity index (χ4n) is 4.44. The van der Waals surface area contributed by atoms with Crippen LogP contribution in [0.3, 0.4) is 0 Å². The highest BCUT2D eigenvalue weighted by atomic mass is 32.2. The molecule has 0 radical (unpaired) electrons.